The minimum Gasteiger partial charge on any atom is -0.464 e. The first-order valence-electron chi connectivity index (χ1n) is 6.36. The van der Waals surface area contributed by atoms with Gasteiger partial charge in [0.15, 0.2) is 0 Å². The van der Waals surface area contributed by atoms with Gasteiger partial charge in [-0.25, -0.2) is 0 Å². The van der Waals surface area contributed by atoms with E-state index in [9.17, 15) is 0 Å². The molecule has 0 aromatic carbocycles. The van der Waals surface area contributed by atoms with Crippen LogP contribution in [0.15, 0.2) is 28.2 Å². The van der Waals surface area contributed by atoms with Crippen molar-refractivity contribution in [2.45, 2.75) is 45.6 Å². The topological polar surface area (TPSA) is 25.2 Å². The average Bonchev–Trinajstić information content (AvgIpc) is 2.97. The lowest BCUT2D eigenvalue weighted by Gasteiger charge is -2.17. The average molecular weight is 219 g/mol. The Morgan fingerprint density at radius 3 is 2.81 bits per heavy atom. The molecule has 2 heteroatoms. The van der Waals surface area contributed by atoms with E-state index < -0.39 is 0 Å². The Bertz CT molecular complexity index is 365. The molecule has 1 aromatic rings. The van der Waals surface area contributed by atoms with Gasteiger partial charge in [0.25, 0.3) is 0 Å². The minimum absolute atomic E-state index is 0.299. The molecule has 1 aromatic heterocycles. The Kier molecular flexibility index (Phi) is 3.83. The van der Waals surface area contributed by atoms with Crippen LogP contribution < -0.4 is 5.32 Å². The van der Waals surface area contributed by atoms with Crippen LogP contribution in [0.1, 0.15) is 50.7 Å². The zero-order chi connectivity index (χ0) is 11.4. The molecule has 1 aliphatic rings. The molecule has 2 rings (SSSR count). The summed E-state index contributed by atoms with van der Waals surface area (Å²) in [6.45, 7) is 5.25. The fourth-order valence-corrected chi connectivity index (χ4v) is 2.32. The van der Waals surface area contributed by atoms with Gasteiger partial charge in [0.1, 0.15) is 11.5 Å². The van der Waals surface area contributed by atoms with E-state index >= 15 is 0 Å². The standard InChI is InChI=1S/C14H21NO/c1-3-12-9-10-13(16-12)14(15-4-2)11-7-5-6-8-11/h7,9-10,14-15H,3-6,8H2,1-2H3. The zero-order valence-electron chi connectivity index (χ0n) is 10.3. The number of nitrogens with one attached hydrogen (secondary N) is 1. The minimum atomic E-state index is 0.299. The van der Waals surface area contributed by atoms with E-state index in [1.165, 1.54) is 24.8 Å². The molecular formula is C14H21NO. The van der Waals surface area contributed by atoms with Crippen LogP contribution in [-0.4, -0.2) is 6.54 Å². The summed E-state index contributed by atoms with van der Waals surface area (Å²) >= 11 is 0. The number of likely N-dealkylation sites (N-methyl/N-ethyl adjacent to an activating group) is 1. The molecule has 1 heterocycles. The van der Waals surface area contributed by atoms with Gasteiger partial charge in [-0.3, -0.25) is 0 Å². The summed E-state index contributed by atoms with van der Waals surface area (Å²) in [6.07, 6.45) is 7.05. The van der Waals surface area contributed by atoms with E-state index in [2.05, 4.69) is 37.4 Å². The molecule has 1 atom stereocenters. The van der Waals surface area contributed by atoms with E-state index in [-0.39, 0.29) is 0 Å². The third kappa shape index (κ3) is 2.38. The van der Waals surface area contributed by atoms with E-state index in [0.29, 0.717) is 6.04 Å². The molecule has 1 N–H and O–H groups in total. The lowest BCUT2D eigenvalue weighted by atomic mass is 10.0. The molecule has 0 bridgehead atoms. The highest BCUT2D eigenvalue weighted by Crippen LogP contribution is 2.31. The fraction of sp³-hybridized carbons (Fsp3) is 0.571. The van der Waals surface area contributed by atoms with Crippen LogP contribution in [0.2, 0.25) is 0 Å². The molecule has 0 radical (unpaired) electrons. The lowest BCUT2D eigenvalue weighted by Crippen LogP contribution is -2.21. The Hall–Kier alpha value is -1.02. The highest BCUT2D eigenvalue weighted by molar-refractivity contribution is 5.24. The molecule has 88 valence electrons. The van der Waals surface area contributed by atoms with Gasteiger partial charge >= 0.3 is 0 Å². The van der Waals surface area contributed by atoms with E-state index in [1.807, 2.05) is 0 Å². The molecule has 0 saturated heterocycles. The van der Waals surface area contributed by atoms with Crippen molar-refractivity contribution in [3.05, 3.63) is 35.3 Å². The first kappa shape index (κ1) is 11.5. The van der Waals surface area contributed by atoms with E-state index in [1.54, 1.807) is 0 Å². The van der Waals surface area contributed by atoms with Gasteiger partial charge in [-0.05, 0) is 43.5 Å². The highest BCUT2D eigenvalue weighted by Gasteiger charge is 2.20. The molecule has 0 spiro atoms. The molecule has 2 nitrogen and oxygen atoms in total. The van der Waals surface area contributed by atoms with Crippen molar-refractivity contribution in [1.29, 1.82) is 0 Å². The van der Waals surface area contributed by atoms with Gasteiger partial charge in [0.05, 0.1) is 6.04 Å². The van der Waals surface area contributed by atoms with Crippen LogP contribution in [0.4, 0.5) is 0 Å². The van der Waals surface area contributed by atoms with Crippen LogP contribution in [0.3, 0.4) is 0 Å². The van der Waals surface area contributed by atoms with Crippen LogP contribution in [-0.2, 0) is 6.42 Å². The Morgan fingerprint density at radius 1 is 1.38 bits per heavy atom. The maximum atomic E-state index is 5.86. The van der Waals surface area contributed by atoms with Gasteiger partial charge in [-0.1, -0.05) is 19.9 Å². The van der Waals surface area contributed by atoms with Crippen molar-refractivity contribution in [3.8, 4) is 0 Å². The van der Waals surface area contributed by atoms with E-state index in [0.717, 1.165) is 24.5 Å². The number of hydrogen-bond acceptors (Lipinski definition) is 2. The van der Waals surface area contributed by atoms with Crippen LogP contribution >= 0.6 is 0 Å². The van der Waals surface area contributed by atoms with Gasteiger partial charge in [-0.2, -0.15) is 0 Å². The number of allylic oxidation sites excluding steroid dienone is 1. The van der Waals surface area contributed by atoms with Gasteiger partial charge in [-0.15, -0.1) is 0 Å². The smallest absolute Gasteiger partial charge is 0.125 e. The summed E-state index contributed by atoms with van der Waals surface area (Å²) < 4.78 is 5.86. The molecule has 16 heavy (non-hydrogen) atoms. The van der Waals surface area contributed by atoms with Gasteiger partial charge in [0.2, 0.25) is 0 Å². The van der Waals surface area contributed by atoms with Crippen molar-refractivity contribution in [1.82, 2.24) is 5.32 Å². The van der Waals surface area contributed by atoms with Crippen LogP contribution in [0.5, 0.6) is 0 Å². The van der Waals surface area contributed by atoms with Gasteiger partial charge in [0, 0.05) is 6.42 Å². The maximum Gasteiger partial charge on any atom is 0.125 e. The molecule has 0 aliphatic heterocycles. The first-order valence-corrected chi connectivity index (χ1v) is 6.36. The fourth-order valence-electron chi connectivity index (χ4n) is 2.32. The highest BCUT2D eigenvalue weighted by atomic mass is 16.3. The quantitative estimate of drug-likeness (QED) is 0.765. The van der Waals surface area contributed by atoms with Crippen molar-refractivity contribution in [2.75, 3.05) is 6.54 Å². The van der Waals surface area contributed by atoms with E-state index in [4.69, 9.17) is 4.42 Å². The molecule has 1 unspecified atom stereocenters. The number of hydrogen-bond donors (Lipinski definition) is 1. The normalized spacial score (nSPS) is 17.5. The summed E-state index contributed by atoms with van der Waals surface area (Å²) in [4.78, 5) is 0. The van der Waals surface area contributed by atoms with Crippen molar-refractivity contribution in [3.63, 3.8) is 0 Å². The SMILES string of the molecule is CCNC(C1=CCCC1)c1ccc(CC)o1. The largest absolute Gasteiger partial charge is 0.464 e. The van der Waals surface area contributed by atoms with Crippen molar-refractivity contribution in [2.24, 2.45) is 0 Å². The number of furan rings is 1. The summed E-state index contributed by atoms with van der Waals surface area (Å²) in [5, 5.41) is 3.52. The third-order valence-corrected chi connectivity index (χ3v) is 3.17. The Labute approximate surface area is 97.7 Å². The zero-order valence-corrected chi connectivity index (χ0v) is 10.3. The molecule has 0 fully saturated rings. The maximum absolute atomic E-state index is 5.86. The van der Waals surface area contributed by atoms with Crippen molar-refractivity contribution < 1.29 is 4.42 Å². The molecule has 1 aliphatic carbocycles. The number of aryl methyl sites for hydroxylation is 1. The first-order chi connectivity index (χ1) is 7.85. The summed E-state index contributed by atoms with van der Waals surface area (Å²) in [5.74, 6) is 2.16. The van der Waals surface area contributed by atoms with Crippen molar-refractivity contribution >= 4 is 0 Å². The Morgan fingerprint density at radius 2 is 2.25 bits per heavy atom. The van der Waals surface area contributed by atoms with Crippen LogP contribution in [0.25, 0.3) is 0 Å². The second-order valence-electron chi connectivity index (χ2n) is 4.32. The lowest BCUT2D eigenvalue weighted by molar-refractivity contribution is 0.420. The van der Waals surface area contributed by atoms with Gasteiger partial charge < -0.3 is 9.73 Å². The number of rotatable bonds is 5. The predicted octanol–water partition coefficient (Wildman–Crippen LogP) is 3.60. The second-order valence-corrected chi connectivity index (χ2v) is 4.32. The van der Waals surface area contributed by atoms with Crippen LogP contribution in [0, 0.1) is 0 Å². The summed E-state index contributed by atoms with van der Waals surface area (Å²) in [7, 11) is 0. The second kappa shape index (κ2) is 5.35. The summed E-state index contributed by atoms with van der Waals surface area (Å²) in [6, 6.07) is 4.51. The Balaban J connectivity index is 2.17. The monoisotopic (exact) mass is 219 g/mol. The third-order valence-electron chi connectivity index (χ3n) is 3.17. The summed E-state index contributed by atoms with van der Waals surface area (Å²) in [5.41, 5.74) is 1.50. The predicted molar refractivity (Wildman–Crippen MR) is 66.4 cm³/mol. The molecular weight excluding hydrogens is 198 g/mol. The molecule has 0 saturated carbocycles. The molecule has 0 amide bonds.